The molecule has 0 aliphatic heterocycles. The molecule has 164 valence electrons. The van der Waals surface area contributed by atoms with Crippen molar-refractivity contribution in [3.8, 4) is 23.3 Å². The second-order valence-electron chi connectivity index (χ2n) is 6.43. The Morgan fingerprint density at radius 3 is 2.29 bits per heavy atom. The molecule has 0 aromatic heterocycles. The van der Waals surface area contributed by atoms with Gasteiger partial charge in [-0.05, 0) is 69.2 Å². The number of nitriles is 1. The van der Waals surface area contributed by atoms with Gasteiger partial charge in [-0.1, -0.05) is 6.07 Å². The van der Waals surface area contributed by atoms with Crippen LogP contribution >= 0.6 is 0 Å². The Labute approximate surface area is 183 Å². The second kappa shape index (κ2) is 12.8. The van der Waals surface area contributed by atoms with Crippen LogP contribution in [0.4, 0.5) is 5.69 Å². The van der Waals surface area contributed by atoms with Crippen LogP contribution in [0.1, 0.15) is 26.3 Å². The normalized spacial score (nSPS) is 10.7. The monoisotopic (exact) mass is 423 g/mol. The first-order chi connectivity index (χ1) is 15.1. The Morgan fingerprint density at radius 2 is 1.65 bits per heavy atom. The number of amides is 1. The average molecular weight is 424 g/mol. The smallest absolute Gasteiger partial charge is 0.267 e. The van der Waals surface area contributed by atoms with Gasteiger partial charge in [0.15, 0.2) is 11.5 Å². The molecule has 0 unspecified atom stereocenters. The maximum absolute atomic E-state index is 12.3. The van der Waals surface area contributed by atoms with Crippen molar-refractivity contribution in [3.63, 3.8) is 0 Å². The number of carbonyl (C=O) groups is 1. The minimum atomic E-state index is -0.473. The van der Waals surface area contributed by atoms with Crippen LogP contribution in [0.3, 0.4) is 0 Å². The van der Waals surface area contributed by atoms with Crippen molar-refractivity contribution < 1.29 is 19.0 Å². The van der Waals surface area contributed by atoms with Crippen LogP contribution in [0.15, 0.2) is 54.2 Å². The molecule has 0 bridgehead atoms. The fraction of sp³-hybridized carbons (Fsp3) is 0.333. The Bertz CT molecular complexity index is 917. The number of hydrogen-bond donors (Lipinski definition) is 2. The summed E-state index contributed by atoms with van der Waals surface area (Å²) < 4.78 is 16.6. The highest BCUT2D eigenvalue weighted by molar-refractivity contribution is 6.06. The summed E-state index contributed by atoms with van der Waals surface area (Å²) in [6.07, 6.45) is 2.13. The summed E-state index contributed by atoms with van der Waals surface area (Å²) in [6, 6.07) is 14.7. The van der Waals surface area contributed by atoms with E-state index >= 15 is 0 Å². The topological polar surface area (TPSA) is 92.6 Å². The summed E-state index contributed by atoms with van der Waals surface area (Å²) in [5.41, 5.74) is 1.65. The zero-order valence-corrected chi connectivity index (χ0v) is 18.2. The van der Waals surface area contributed by atoms with Crippen LogP contribution in [-0.2, 0) is 11.2 Å². The lowest BCUT2D eigenvalue weighted by molar-refractivity contribution is -0.112. The zero-order chi connectivity index (χ0) is 22.5. The van der Waals surface area contributed by atoms with Gasteiger partial charge in [0.25, 0.3) is 5.91 Å². The zero-order valence-electron chi connectivity index (χ0n) is 18.2. The van der Waals surface area contributed by atoms with Gasteiger partial charge in [0.2, 0.25) is 0 Å². The van der Waals surface area contributed by atoms with Gasteiger partial charge in [0, 0.05) is 18.4 Å². The van der Waals surface area contributed by atoms with Crippen molar-refractivity contribution in [1.82, 2.24) is 5.32 Å². The van der Waals surface area contributed by atoms with Gasteiger partial charge < -0.3 is 24.8 Å². The summed E-state index contributed by atoms with van der Waals surface area (Å²) in [7, 11) is 0. The average Bonchev–Trinajstić information content (AvgIpc) is 2.77. The van der Waals surface area contributed by atoms with Crippen LogP contribution in [0, 0.1) is 11.3 Å². The standard InChI is InChI=1S/C24H29N3O4/c1-4-29-21-10-8-20(9-11-21)27-24(28)19(16-25)17-26-14-13-18-7-12-22(30-5-2)23(15-18)31-6-3/h7-12,15,17,26H,4-6,13-14H2,1-3H3,(H,27,28)/b19-17-. The highest BCUT2D eigenvalue weighted by Crippen LogP contribution is 2.28. The molecular weight excluding hydrogens is 394 g/mol. The quantitative estimate of drug-likeness (QED) is 0.304. The number of anilines is 1. The van der Waals surface area contributed by atoms with Crippen molar-refractivity contribution in [2.75, 3.05) is 31.7 Å². The van der Waals surface area contributed by atoms with Crippen LogP contribution in [0.2, 0.25) is 0 Å². The van der Waals surface area contributed by atoms with E-state index in [1.165, 1.54) is 6.20 Å². The fourth-order valence-corrected chi connectivity index (χ4v) is 2.79. The molecular formula is C24H29N3O4. The molecule has 0 heterocycles. The van der Waals surface area contributed by atoms with E-state index in [1.54, 1.807) is 24.3 Å². The SMILES string of the molecule is CCOc1ccc(NC(=O)/C(C#N)=C\NCCc2ccc(OCC)c(OCC)c2)cc1. The van der Waals surface area contributed by atoms with Crippen molar-refractivity contribution in [2.24, 2.45) is 0 Å². The van der Waals surface area contributed by atoms with Gasteiger partial charge in [0.1, 0.15) is 17.4 Å². The Kier molecular flexibility index (Phi) is 9.76. The number of rotatable bonds is 12. The summed E-state index contributed by atoms with van der Waals surface area (Å²) in [5.74, 6) is 1.68. The molecule has 31 heavy (non-hydrogen) atoms. The van der Waals surface area contributed by atoms with Crippen LogP contribution < -0.4 is 24.8 Å². The van der Waals surface area contributed by atoms with Gasteiger partial charge >= 0.3 is 0 Å². The van der Waals surface area contributed by atoms with Gasteiger partial charge in [-0.2, -0.15) is 5.26 Å². The molecule has 0 aliphatic carbocycles. The van der Waals surface area contributed by atoms with Crippen molar-refractivity contribution in [1.29, 1.82) is 5.26 Å². The molecule has 7 heteroatoms. The molecule has 0 saturated carbocycles. The largest absolute Gasteiger partial charge is 0.494 e. The van der Waals surface area contributed by atoms with E-state index in [4.69, 9.17) is 14.2 Å². The Morgan fingerprint density at radius 1 is 0.968 bits per heavy atom. The maximum Gasteiger partial charge on any atom is 0.267 e. The molecule has 0 fully saturated rings. The molecule has 0 saturated heterocycles. The molecule has 0 radical (unpaired) electrons. The lowest BCUT2D eigenvalue weighted by Gasteiger charge is -2.12. The Hall–Kier alpha value is -3.66. The first kappa shape index (κ1) is 23.6. The predicted molar refractivity (Wildman–Crippen MR) is 120 cm³/mol. The van der Waals surface area contributed by atoms with Crippen LogP contribution in [-0.4, -0.2) is 32.3 Å². The third kappa shape index (κ3) is 7.59. The first-order valence-corrected chi connectivity index (χ1v) is 10.4. The summed E-state index contributed by atoms with van der Waals surface area (Å²) >= 11 is 0. The van der Waals surface area contributed by atoms with E-state index in [9.17, 15) is 10.1 Å². The lowest BCUT2D eigenvalue weighted by atomic mass is 10.1. The Balaban J connectivity index is 1.90. The molecule has 2 rings (SSSR count). The van der Waals surface area contributed by atoms with Gasteiger partial charge in [-0.25, -0.2) is 0 Å². The van der Waals surface area contributed by atoms with E-state index < -0.39 is 5.91 Å². The molecule has 0 atom stereocenters. The van der Waals surface area contributed by atoms with Crippen molar-refractivity contribution >= 4 is 11.6 Å². The summed E-state index contributed by atoms with van der Waals surface area (Å²) in [5, 5.41) is 15.0. The van der Waals surface area contributed by atoms with E-state index in [2.05, 4.69) is 10.6 Å². The highest BCUT2D eigenvalue weighted by Gasteiger charge is 2.10. The van der Waals surface area contributed by atoms with Gasteiger partial charge in [-0.15, -0.1) is 0 Å². The van der Waals surface area contributed by atoms with Gasteiger partial charge in [-0.3, -0.25) is 4.79 Å². The third-order valence-corrected chi connectivity index (χ3v) is 4.20. The number of benzene rings is 2. The highest BCUT2D eigenvalue weighted by atomic mass is 16.5. The molecule has 2 aromatic rings. The van der Waals surface area contributed by atoms with E-state index in [1.807, 2.05) is 45.0 Å². The van der Waals surface area contributed by atoms with E-state index in [0.29, 0.717) is 44.2 Å². The molecule has 0 aliphatic rings. The molecule has 7 nitrogen and oxygen atoms in total. The molecule has 2 aromatic carbocycles. The fourth-order valence-electron chi connectivity index (χ4n) is 2.79. The van der Waals surface area contributed by atoms with Crippen molar-refractivity contribution in [2.45, 2.75) is 27.2 Å². The van der Waals surface area contributed by atoms with Gasteiger partial charge in [0.05, 0.1) is 19.8 Å². The third-order valence-electron chi connectivity index (χ3n) is 4.20. The number of carbonyl (C=O) groups excluding carboxylic acids is 1. The van der Waals surface area contributed by atoms with E-state index in [-0.39, 0.29) is 5.57 Å². The van der Waals surface area contributed by atoms with Crippen LogP contribution in [0.5, 0.6) is 17.2 Å². The molecule has 0 spiro atoms. The lowest BCUT2D eigenvalue weighted by Crippen LogP contribution is -2.18. The number of nitrogens with zero attached hydrogens (tertiary/aromatic N) is 1. The number of nitrogens with one attached hydrogen (secondary N) is 2. The predicted octanol–water partition coefficient (Wildman–Crippen LogP) is 4.06. The second-order valence-corrected chi connectivity index (χ2v) is 6.43. The minimum Gasteiger partial charge on any atom is -0.494 e. The summed E-state index contributed by atoms with van der Waals surface area (Å²) in [4.78, 5) is 12.3. The minimum absolute atomic E-state index is 0.00409. The summed E-state index contributed by atoms with van der Waals surface area (Å²) in [6.45, 7) is 8.01. The maximum atomic E-state index is 12.3. The molecule has 1 amide bonds. The molecule has 2 N–H and O–H groups in total. The van der Waals surface area contributed by atoms with Crippen LogP contribution in [0.25, 0.3) is 0 Å². The van der Waals surface area contributed by atoms with Crippen molar-refractivity contribution in [3.05, 3.63) is 59.8 Å². The first-order valence-electron chi connectivity index (χ1n) is 10.4. The number of ether oxygens (including phenoxy) is 3. The number of hydrogen-bond acceptors (Lipinski definition) is 6. The van der Waals surface area contributed by atoms with E-state index in [0.717, 1.165) is 17.1 Å².